The van der Waals surface area contributed by atoms with Gasteiger partial charge in [-0.2, -0.15) is 13.1 Å². The number of alkyl halides is 2. The third-order valence-corrected chi connectivity index (χ3v) is 8.35. The molecule has 1 N–H and O–H groups in total. The molecule has 0 unspecified atom stereocenters. The van der Waals surface area contributed by atoms with Crippen molar-refractivity contribution in [2.45, 2.75) is 36.3 Å². The highest BCUT2D eigenvalue weighted by atomic mass is 32.2. The maximum atomic E-state index is 13.6. The van der Waals surface area contributed by atoms with E-state index in [1.807, 2.05) is 48.5 Å². The standard InChI is InChI=1S/C26H25F2NO6S/c1-34-21-9-5-19(6-10-21)18-3-7-20(8-4-18)26(15-2-16-26)29(17-24(30)31)36(32,33)23-13-11-22(12-14-23)35-25(27)28/h3-14,25H,2,15-17H2,1H3,(H,30,31). The Balaban J connectivity index is 1.69. The zero-order valence-electron chi connectivity index (χ0n) is 19.4. The van der Waals surface area contributed by atoms with Gasteiger partial charge in [0, 0.05) is 0 Å². The van der Waals surface area contributed by atoms with E-state index in [-0.39, 0.29) is 10.6 Å². The summed E-state index contributed by atoms with van der Waals surface area (Å²) in [5.41, 5.74) is 1.52. The predicted octanol–water partition coefficient (Wildman–Crippen LogP) is 5.12. The van der Waals surface area contributed by atoms with Gasteiger partial charge in [0.25, 0.3) is 0 Å². The highest BCUT2D eigenvalue weighted by Crippen LogP contribution is 2.49. The van der Waals surface area contributed by atoms with Gasteiger partial charge in [-0.05, 0) is 72.4 Å². The normalized spacial score (nSPS) is 14.9. The van der Waals surface area contributed by atoms with Crippen molar-refractivity contribution < 1.29 is 36.6 Å². The molecule has 1 saturated carbocycles. The minimum Gasteiger partial charge on any atom is -0.497 e. The highest BCUT2D eigenvalue weighted by Gasteiger charge is 2.50. The molecule has 36 heavy (non-hydrogen) atoms. The molecule has 0 bridgehead atoms. The van der Waals surface area contributed by atoms with Crippen molar-refractivity contribution in [3.05, 3.63) is 78.4 Å². The lowest BCUT2D eigenvalue weighted by Gasteiger charge is -2.49. The highest BCUT2D eigenvalue weighted by molar-refractivity contribution is 7.89. The number of hydrogen-bond acceptors (Lipinski definition) is 5. The lowest BCUT2D eigenvalue weighted by molar-refractivity contribution is -0.139. The molecule has 0 atom stereocenters. The Morgan fingerprint density at radius 2 is 1.47 bits per heavy atom. The largest absolute Gasteiger partial charge is 0.497 e. The molecule has 0 amide bonds. The molecule has 1 fully saturated rings. The number of rotatable bonds is 10. The first kappa shape index (κ1) is 25.6. The quantitative estimate of drug-likeness (QED) is 0.401. The van der Waals surface area contributed by atoms with Crippen LogP contribution in [0.3, 0.4) is 0 Å². The fourth-order valence-corrected chi connectivity index (χ4v) is 6.22. The number of hydrogen-bond donors (Lipinski definition) is 1. The molecule has 7 nitrogen and oxygen atoms in total. The minimum absolute atomic E-state index is 0.193. The lowest BCUT2D eigenvalue weighted by atomic mass is 9.71. The topological polar surface area (TPSA) is 93.1 Å². The van der Waals surface area contributed by atoms with Crippen LogP contribution in [0.15, 0.2) is 77.7 Å². The van der Waals surface area contributed by atoms with Gasteiger partial charge in [-0.15, -0.1) is 0 Å². The van der Waals surface area contributed by atoms with Crippen molar-refractivity contribution in [2.24, 2.45) is 0 Å². The number of carboxylic acid groups (broad SMARTS) is 1. The van der Waals surface area contributed by atoms with Crippen molar-refractivity contribution in [3.63, 3.8) is 0 Å². The summed E-state index contributed by atoms with van der Waals surface area (Å²) in [4.78, 5) is 11.6. The van der Waals surface area contributed by atoms with E-state index in [1.165, 1.54) is 0 Å². The summed E-state index contributed by atoms with van der Waals surface area (Å²) in [6.45, 7) is -3.78. The Kier molecular flexibility index (Phi) is 7.28. The molecule has 3 aromatic carbocycles. The summed E-state index contributed by atoms with van der Waals surface area (Å²) in [6.07, 6.45) is 1.63. The molecule has 0 aromatic heterocycles. The molecule has 0 saturated heterocycles. The molecule has 1 aliphatic rings. The number of nitrogens with zero attached hydrogens (tertiary/aromatic N) is 1. The molecular formula is C26H25F2NO6S. The minimum atomic E-state index is -4.28. The van der Waals surface area contributed by atoms with Crippen LogP contribution in [0.25, 0.3) is 11.1 Å². The van der Waals surface area contributed by atoms with Gasteiger partial charge >= 0.3 is 12.6 Å². The number of ether oxygens (including phenoxy) is 2. The number of carboxylic acids is 1. The van der Waals surface area contributed by atoms with Crippen LogP contribution in [0.4, 0.5) is 8.78 Å². The molecule has 0 spiro atoms. The molecule has 3 aromatic rings. The van der Waals surface area contributed by atoms with Crippen molar-refractivity contribution in [1.82, 2.24) is 4.31 Å². The van der Waals surface area contributed by atoms with E-state index in [2.05, 4.69) is 4.74 Å². The Morgan fingerprint density at radius 1 is 0.944 bits per heavy atom. The second-order valence-corrected chi connectivity index (χ2v) is 10.3. The third-order valence-electron chi connectivity index (χ3n) is 6.42. The molecule has 0 aliphatic heterocycles. The van der Waals surface area contributed by atoms with E-state index in [1.54, 1.807) is 7.11 Å². The first-order chi connectivity index (χ1) is 17.2. The van der Waals surface area contributed by atoms with Gasteiger partial charge in [0.1, 0.15) is 18.0 Å². The number of sulfonamides is 1. The van der Waals surface area contributed by atoms with Crippen molar-refractivity contribution in [2.75, 3.05) is 13.7 Å². The molecule has 0 heterocycles. The van der Waals surface area contributed by atoms with Gasteiger partial charge < -0.3 is 14.6 Å². The van der Waals surface area contributed by atoms with Crippen molar-refractivity contribution >= 4 is 16.0 Å². The molecule has 190 valence electrons. The maximum absolute atomic E-state index is 13.6. The van der Waals surface area contributed by atoms with Crippen LogP contribution >= 0.6 is 0 Å². The number of aliphatic carboxylic acids is 1. The second kappa shape index (κ2) is 10.2. The summed E-state index contributed by atoms with van der Waals surface area (Å²) in [5.74, 6) is -0.759. The zero-order chi connectivity index (χ0) is 25.9. The van der Waals surface area contributed by atoms with Gasteiger partial charge in [-0.3, -0.25) is 4.79 Å². The van der Waals surface area contributed by atoms with E-state index in [9.17, 15) is 27.1 Å². The monoisotopic (exact) mass is 517 g/mol. The number of methoxy groups -OCH3 is 1. The average molecular weight is 518 g/mol. The van der Waals surface area contributed by atoms with E-state index >= 15 is 0 Å². The summed E-state index contributed by atoms with van der Waals surface area (Å²) >= 11 is 0. The Hall–Kier alpha value is -3.50. The third kappa shape index (κ3) is 5.05. The van der Waals surface area contributed by atoms with Crippen LogP contribution in [0.1, 0.15) is 24.8 Å². The molecule has 1 aliphatic carbocycles. The summed E-state index contributed by atoms with van der Waals surface area (Å²) < 4.78 is 62.7. The van der Waals surface area contributed by atoms with E-state index in [4.69, 9.17) is 4.74 Å². The van der Waals surface area contributed by atoms with Crippen molar-refractivity contribution in [1.29, 1.82) is 0 Å². The lowest BCUT2D eigenvalue weighted by Crippen LogP contribution is -2.55. The maximum Gasteiger partial charge on any atom is 0.387 e. The SMILES string of the molecule is COc1ccc(-c2ccc(C3(N(CC(=O)O)S(=O)(=O)c4ccc(OC(F)F)cc4)CCC3)cc2)cc1. The second-order valence-electron chi connectivity index (χ2n) is 8.45. The van der Waals surface area contributed by atoms with Gasteiger partial charge in [0.2, 0.25) is 10.0 Å². The number of carbonyl (C=O) groups is 1. The van der Waals surface area contributed by atoms with Gasteiger partial charge in [0.05, 0.1) is 17.5 Å². The summed E-state index contributed by atoms with van der Waals surface area (Å²) in [7, 11) is -2.69. The van der Waals surface area contributed by atoms with Crippen LogP contribution < -0.4 is 9.47 Å². The van der Waals surface area contributed by atoms with Crippen LogP contribution in [0, 0.1) is 0 Å². The first-order valence-corrected chi connectivity index (χ1v) is 12.6. The van der Waals surface area contributed by atoms with Crippen LogP contribution in [0.5, 0.6) is 11.5 Å². The van der Waals surface area contributed by atoms with E-state index in [0.717, 1.165) is 51.9 Å². The summed E-state index contributed by atoms with van der Waals surface area (Å²) in [6, 6.07) is 19.4. The smallest absolute Gasteiger partial charge is 0.387 e. The van der Waals surface area contributed by atoms with Crippen LogP contribution in [-0.2, 0) is 20.4 Å². The Morgan fingerprint density at radius 3 is 1.92 bits per heavy atom. The van der Waals surface area contributed by atoms with E-state index < -0.39 is 34.7 Å². The van der Waals surface area contributed by atoms with E-state index in [0.29, 0.717) is 18.4 Å². The number of benzene rings is 3. The van der Waals surface area contributed by atoms with Crippen LogP contribution in [-0.4, -0.2) is 44.1 Å². The average Bonchev–Trinajstić information content (AvgIpc) is 2.83. The fourth-order valence-electron chi connectivity index (χ4n) is 4.46. The number of halogens is 2. The first-order valence-electron chi connectivity index (χ1n) is 11.2. The summed E-state index contributed by atoms with van der Waals surface area (Å²) in [5, 5.41) is 9.58. The Labute approximate surface area is 207 Å². The molecule has 0 radical (unpaired) electrons. The van der Waals surface area contributed by atoms with Crippen molar-refractivity contribution in [3.8, 4) is 22.6 Å². The molecule has 10 heteroatoms. The zero-order valence-corrected chi connectivity index (χ0v) is 20.3. The molecule has 4 rings (SSSR count). The predicted molar refractivity (Wildman–Crippen MR) is 129 cm³/mol. The van der Waals surface area contributed by atoms with Gasteiger partial charge in [-0.1, -0.05) is 36.4 Å². The van der Waals surface area contributed by atoms with Crippen LogP contribution in [0.2, 0.25) is 0 Å². The Bertz CT molecular complexity index is 1310. The molecular weight excluding hydrogens is 492 g/mol. The van der Waals surface area contributed by atoms with Gasteiger partial charge in [0.15, 0.2) is 0 Å². The van der Waals surface area contributed by atoms with Gasteiger partial charge in [-0.25, -0.2) is 8.42 Å². The fraction of sp³-hybridized carbons (Fsp3) is 0.269.